The molecule has 1 aromatic carbocycles. The quantitative estimate of drug-likeness (QED) is 0.611. The highest BCUT2D eigenvalue weighted by atomic mass is 35.5. The maximum absolute atomic E-state index is 6.29. The van der Waals surface area contributed by atoms with E-state index >= 15 is 0 Å². The number of hydrogen-bond acceptors (Lipinski definition) is 3. The summed E-state index contributed by atoms with van der Waals surface area (Å²) in [4.78, 5) is 4.69. The van der Waals surface area contributed by atoms with Crippen molar-refractivity contribution in [3.63, 3.8) is 0 Å². The minimum atomic E-state index is 0.342. The number of aliphatic imine (C=N–C) groups is 1. The van der Waals surface area contributed by atoms with E-state index in [2.05, 4.69) is 22.5 Å². The Hall–Kier alpha value is -1.46. The van der Waals surface area contributed by atoms with Gasteiger partial charge >= 0.3 is 0 Å². The van der Waals surface area contributed by atoms with Crippen molar-refractivity contribution in [2.24, 2.45) is 4.99 Å². The summed E-state index contributed by atoms with van der Waals surface area (Å²) in [7, 11) is 1.64. The highest BCUT2D eigenvalue weighted by Crippen LogP contribution is 2.34. The normalized spacial score (nSPS) is 25.8. The first kappa shape index (κ1) is 17.4. The van der Waals surface area contributed by atoms with Gasteiger partial charge in [-0.3, -0.25) is 4.99 Å². The number of rotatable bonds is 6. The minimum Gasteiger partial charge on any atom is -0.497 e. The Morgan fingerprint density at radius 3 is 2.92 bits per heavy atom. The zero-order chi connectivity index (χ0) is 16.9. The molecule has 5 nitrogen and oxygen atoms in total. The maximum atomic E-state index is 6.29. The summed E-state index contributed by atoms with van der Waals surface area (Å²) in [6, 6.07) is 6.16. The van der Waals surface area contributed by atoms with Crippen LogP contribution >= 0.6 is 11.6 Å². The number of hydrogen-bond donors (Lipinski definition) is 2. The fourth-order valence-corrected chi connectivity index (χ4v) is 3.70. The zero-order valence-corrected chi connectivity index (χ0v) is 15.1. The van der Waals surface area contributed by atoms with E-state index in [0.29, 0.717) is 24.8 Å². The second-order valence-corrected chi connectivity index (χ2v) is 6.74. The van der Waals surface area contributed by atoms with Gasteiger partial charge in [0.1, 0.15) is 5.75 Å². The van der Waals surface area contributed by atoms with Crippen molar-refractivity contribution in [1.29, 1.82) is 0 Å². The minimum absolute atomic E-state index is 0.342. The number of methoxy groups -OCH3 is 1. The topological polar surface area (TPSA) is 54.9 Å². The van der Waals surface area contributed by atoms with Crippen LogP contribution in [0.3, 0.4) is 0 Å². The molecule has 2 bridgehead atoms. The molecular weight excluding hydrogens is 326 g/mol. The lowest BCUT2D eigenvalue weighted by atomic mass is 9.96. The third-order valence-electron chi connectivity index (χ3n) is 4.68. The van der Waals surface area contributed by atoms with Crippen LogP contribution in [-0.4, -0.2) is 44.4 Å². The van der Waals surface area contributed by atoms with Crippen molar-refractivity contribution >= 4 is 17.6 Å². The second-order valence-electron chi connectivity index (χ2n) is 6.33. The Balaban J connectivity index is 1.55. The summed E-state index contributed by atoms with van der Waals surface area (Å²) in [5.41, 5.74) is 1.08. The molecule has 0 saturated carbocycles. The van der Waals surface area contributed by atoms with Crippen LogP contribution in [0.5, 0.6) is 5.75 Å². The van der Waals surface area contributed by atoms with Gasteiger partial charge in [0.15, 0.2) is 5.96 Å². The molecule has 6 heteroatoms. The lowest BCUT2D eigenvalue weighted by Gasteiger charge is -2.22. The van der Waals surface area contributed by atoms with Crippen LogP contribution in [0.15, 0.2) is 23.2 Å². The first-order valence-electron chi connectivity index (χ1n) is 8.72. The highest BCUT2D eigenvalue weighted by molar-refractivity contribution is 6.31. The molecule has 0 aliphatic carbocycles. The predicted molar refractivity (Wildman–Crippen MR) is 97.1 cm³/mol. The second kappa shape index (κ2) is 8.08. The third-order valence-corrected chi connectivity index (χ3v) is 5.04. The van der Waals surface area contributed by atoms with Gasteiger partial charge in [-0.2, -0.15) is 0 Å². The number of nitrogens with one attached hydrogen (secondary N) is 2. The van der Waals surface area contributed by atoms with Gasteiger partial charge in [0, 0.05) is 18.1 Å². The molecule has 3 unspecified atom stereocenters. The summed E-state index contributed by atoms with van der Waals surface area (Å²) in [6.07, 6.45) is 5.02. The van der Waals surface area contributed by atoms with Crippen molar-refractivity contribution in [3.05, 3.63) is 28.8 Å². The maximum Gasteiger partial charge on any atom is 0.191 e. The van der Waals surface area contributed by atoms with Crippen LogP contribution in [0.1, 0.15) is 31.7 Å². The van der Waals surface area contributed by atoms with Gasteiger partial charge in [-0.1, -0.05) is 17.7 Å². The van der Waals surface area contributed by atoms with E-state index in [9.17, 15) is 0 Å². The molecule has 24 heavy (non-hydrogen) atoms. The lowest BCUT2D eigenvalue weighted by Crippen LogP contribution is -2.47. The first-order chi connectivity index (χ1) is 11.7. The summed E-state index contributed by atoms with van der Waals surface area (Å²) in [6.45, 7) is 3.61. The summed E-state index contributed by atoms with van der Waals surface area (Å²) in [5, 5.41) is 7.57. The first-order valence-corrected chi connectivity index (χ1v) is 9.10. The lowest BCUT2D eigenvalue weighted by molar-refractivity contribution is 0.0992. The van der Waals surface area contributed by atoms with Crippen molar-refractivity contribution in [3.8, 4) is 5.75 Å². The van der Waals surface area contributed by atoms with E-state index in [4.69, 9.17) is 21.1 Å². The number of halogens is 1. The smallest absolute Gasteiger partial charge is 0.191 e. The third kappa shape index (κ3) is 4.14. The molecule has 3 rings (SSSR count). The molecule has 0 aromatic heterocycles. The monoisotopic (exact) mass is 351 g/mol. The molecule has 2 aliphatic rings. The fraction of sp³-hybridized carbons (Fsp3) is 0.611. The van der Waals surface area contributed by atoms with E-state index in [-0.39, 0.29) is 0 Å². The Morgan fingerprint density at radius 2 is 2.29 bits per heavy atom. The molecule has 2 heterocycles. The van der Waals surface area contributed by atoms with Gasteiger partial charge in [-0.25, -0.2) is 0 Å². The van der Waals surface area contributed by atoms with Gasteiger partial charge in [-0.05, 0) is 50.3 Å². The average Bonchev–Trinajstić information content (AvgIpc) is 3.19. The van der Waals surface area contributed by atoms with E-state index in [1.54, 1.807) is 7.11 Å². The molecule has 132 valence electrons. The number of benzene rings is 1. The van der Waals surface area contributed by atoms with Crippen LogP contribution in [0, 0.1) is 0 Å². The van der Waals surface area contributed by atoms with Crippen molar-refractivity contribution in [1.82, 2.24) is 10.6 Å². The standard InChI is InChI=1S/C18H26ClN3O2/c1-3-20-18(22-16-11-14-6-7-17(16)24-14)21-9-8-12-4-5-13(23-2)10-15(12)19/h4-5,10,14,16-17H,3,6-9,11H2,1-2H3,(H2,20,21,22). The van der Waals surface area contributed by atoms with Gasteiger partial charge in [0.25, 0.3) is 0 Å². The Kier molecular flexibility index (Phi) is 5.85. The number of nitrogens with zero attached hydrogens (tertiary/aromatic N) is 1. The Morgan fingerprint density at radius 1 is 1.42 bits per heavy atom. The van der Waals surface area contributed by atoms with Crippen molar-refractivity contribution in [2.75, 3.05) is 20.2 Å². The molecule has 1 aromatic rings. The molecule has 3 atom stereocenters. The molecule has 2 N–H and O–H groups in total. The van der Waals surface area contributed by atoms with E-state index in [1.165, 1.54) is 6.42 Å². The van der Waals surface area contributed by atoms with Gasteiger partial charge < -0.3 is 20.1 Å². The number of fused-ring (bicyclic) bond motifs is 2. The Bertz CT molecular complexity index is 594. The number of guanidine groups is 1. The summed E-state index contributed by atoms with van der Waals surface area (Å²) < 4.78 is 11.1. The largest absolute Gasteiger partial charge is 0.497 e. The number of ether oxygens (including phenoxy) is 2. The molecule has 0 amide bonds. The van der Waals surface area contributed by atoms with Gasteiger partial charge in [-0.15, -0.1) is 0 Å². The molecule has 2 fully saturated rings. The van der Waals surface area contributed by atoms with Crippen LogP contribution in [0.2, 0.25) is 5.02 Å². The summed E-state index contributed by atoms with van der Waals surface area (Å²) >= 11 is 6.29. The fourth-order valence-electron chi connectivity index (χ4n) is 3.43. The van der Waals surface area contributed by atoms with Crippen LogP contribution in [-0.2, 0) is 11.2 Å². The molecule has 0 spiro atoms. The van der Waals surface area contributed by atoms with Gasteiger partial charge in [0.05, 0.1) is 25.4 Å². The van der Waals surface area contributed by atoms with Gasteiger partial charge in [0.2, 0.25) is 0 Å². The van der Waals surface area contributed by atoms with Crippen molar-refractivity contribution in [2.45, 2.75) is 50.9 Å². The van der Waals surface area contributed by atoms with E-state index in [0.717, 1.165) is 48.1 Å². The molecule has 2 saturated heterocycles. The molecular formula is C18H26ClN3O2. The predicted octanol–water partition coefficient (Wildman–Crippen LogP) is 2.77. The molecule has 2 aliphatic heterocycles. The highest BCUT2D eigenvalue weighted by Gasteiger charge is 2.41. The average molecular weight is 352 g/mol. The van der Waals surface area contributed by atoms with Crippen molar-refractivity contribution < 1.29 is 9.47 Å². The van der Waals surface area contributed by atoms with Crippen LogP contribution in [0.25, 0.3) is 0 Å². The Labute approximate surface area is 148 Å². The molecule has 0 radical (unpaired) electrons. The SMILES string of the molecule is CCNC(=NCCc1ccc(OC)cc1Cl)NC1CC2CCC1O2. The summed E-state index contributed by atoms with van der Waals surface area (Å²) in [5.74, 6) is 1.64. The van der Waals surface area contributed by atoms with Crippen LogP contribution in [0.4, 0.5) is 0 Å². The zero-order valence-electron chi connectivity index (χ0n) is 14.3. The van der Waals surface area contributed by atoms with E-state index in [1.807, 2.05) is 18.2 Å². The van der Waals surface area contributed by atoms with Crippen LogP contribution < -0.4 is 15.4 Å². The van der Waals surface area contributed by atoms with E-state index < -0.39 is 0 Å².